The Kier molecular flexibility index (Phi) is 11.4. The van der Waals surface area contributed by atoms with Crippen molar-refractivity contribution >= 4 is 18.2 Å². The number of ether oxygens (including phenoxy) is 1. The van der Waals surface area contributed by atoms with Crippen LogP contribution in [0.15, 0.2) is 73.2 Å². The van der Waals surface area contributed by atoms with Gasteiger partial charge >= 0.3 is 5.69 Å². The molecule has 1 aromatic rings. The summed E-state index contributed by atoms with van der Waals surface area (Å²) in [4.78, 5) is 21.2. The van der Waals surface area contributed by atoms with Crippen LogP contribution in [0.3, 0.4) is 0 Å². The van der Waals surface area contributed by atoms with E-state index in [0.717, 1.165) is 54.0 Å². The zero-order valence-corrected chi connectivity index (χ0v) is 23.3. The Bertz CT molecular complexity index is 1250. The van der Waals surface area contributed by atoms with Gasteiger partial charge in [-0.1, -0.05) is 45.1 Å². The fourth-order valence-electron chi connectivity index (χ4n) is 3.77. The highest BCUT2D eigenvalue weighted by Gasteiger charge is 2.14. The van der Waals surface area contributed by atoms with Crippen molar-refractivity contribution in [2.24, 2.45) is 10.9 Å². The number of aliphatic imine (C=N–C) groups is 1. The summed E-state index contributed by atoms with van der Waals surface area (Å²) in [5.74, 6) is 0.644. The number of allylic oxidation sites excluding steroid dienone is 10. The van der Waals surface area contributed by atoms with Crippen molar-refractivity contribution in [2.45, 2.75) is 74.1 Å². The Hall–Kier alpha value is -3.61. The lowest BCUT2D eigenvalue weighted by Crippen LogP contribution is -2.17. The standard InChI is InChI=1S/C30H42N4O3/c1-8-19(3)29(37-18-25-13-11-10-12-24(9-2)14-15-25)32-23(7)21(5)20(4)22(6)26(17-31)16-27-28(35)34-30(36)33-27/h10,12,14-17,19,31,35H,8-9,11,13,18H2,1-7H3,(H2,33,34,36)/b12-10?,22-20?,23-21?,24-14?,25-15?,26-16-,31-17?,32-29?. The quantitative estimate of drug-likeness (QED) is 0.153. The highest BCUT2D eigenvalue weighted by Crippen LogP contribution is 2.25. The summed E-state index contributed by atoms with van der Waals surface area (Å²) in [6, 6.07) is 0. The largest absolute Gasteiger partial charge is 0.493 e. The Morgan fingerprint density at radius 1 is 1.16 bits per heavy atom. The number of nitrogens with zero attached hydrogens (tertiary/aromatic N) is 1. The van der Waals surface area contributed by atoms with Crippen molar-refractivity contribution in [3.8, 4) is 5.88 Å². The molecule has 1 aliphatic carbocycles. The maximum absolute atomic E-state index is 11.5. The highest BCUT2D eigenvalue weighted by molar-refractivity contribution is 5.90. The summed E-state index contributed by atoms with van der Waals surface area (Å²) in [5, 5.41) is 17.8. The molecule has 1 heterocycles. The van der Waals surface area contributed by atoms with Gasteiger partial charge in [-0.05, 0) is 92.9 Å². The van der Waals surface area contributed by atoms with Gasteiger partial charge in [0.2, 0.25) is 5.88 Å². The monoisotopic (exact) mass is 506 g/mol. The van der Waals surface area contributed by atoms with E-state index in [2.05, 4.69) is 55.0 Å². The summed E-state index contributed by atoms with van der Waals surface area (Å²) in [5.41, 5.74) is 6.51. The Morgan fingerprint density at radius 3 is 2.49 bits per heavy atom. The van der Waals surface area contributed by atoms with Gasteiger partial charge in [0.25, 0.3) is 0 Å². The van der Waals surface area contributed by atoms with Crippen LogP contribution in [-0.2, 0) is 4.74 Å². The molecule has 1 unspecified atom stereocenters. The van der Waals surface area contributed by atoms with Gasteiger partial charge in [-0.25, -0.2) is 9.79 Å². The predicted octanol–water partition coefficient (Wildman–Crippen LogP) is 7.15. The second kappa shape index (κ2) is 14.2. The Morgan fingerprint density at radius 2 is 1.89 bits per heavy atom. The molecular weight excluding hydrogens is 464 g/mol. The van der Waals surface area contributed by atoms with Crippen molar-refractivity contribution < 1.29 is 9.84 Å². The molecule has 0 aliphatic heterocycles. The van der Waals surface area contributed by atoms with Gasteiger partial charge in [-0.15, -0.1) is 0 Å². The van der Waals surface area contributed by atoms with Crippen LogP contribution in [0.2, 0.25) is 0 Å². The lowest BCUT2D eigenvalue weighted by Gasteiger charge is -2.18. The molecule has 0 fully saturated rings. The minimum Gasteiger partial charge on any atom is -0.493 e. The van der Waals surface area contributed by atoms with E-state index in [1.54, 1.807) is 6.08 Å². The fourth-order valence-corrected chi connectivity index (χ4v) is 3.77. The molecule has 7 nitrogen and oxygen atoms in total. The Labute approximate surface area is 220 Å². The number of aromatic nitrogens is 2. The molecule has 7 heteroatoms. The van der Waals surface area contributed by atoms with Crippen LogP contribution in [0.25, 0.3) is 6.08 Å². The second-order valence-electron chi connectivity index (χ2n) is 9.45. The third-order valence-electron chi connectivity index (χ3n) is 6.91. The van der Waals surface area contributed by atoms with E-state index in [4.69, 9.17) is 15.1 Å². The van der Waals surface area contributed by atoms with Crippen LogP contribution in [-0.4, -0.2) is 33.8 Å². The minimum absolute atomic E-state index is 0.175. The lowest BCUT2D eigenvalue weighted by molar-refractivity contribution is 0.308. The number of aromatic hydroxyl groups is 1. The first-order valence-corrected chi connectivity index (χ1v) is 13.0. The lowest BCUT2D eigenvalue weighted by atomic mass is 9.96. The van der Waals surface area contributed by atoms with Crippen molar-refractivity contribution in [1.82, 2.24) is 9.97 Å². The summed E-state index contributed by atoms with van der Waals surface area (Å²) < 4.78 is 6.29. The average Bonchev–Trinajstić information content (AvgIpc) is 3.20. The van der Waals surface area contributed by atoms with Crippen LogP contribution in [0, 0.1) is 11.3 Å². The van der Waals surface area contributed by atoms with Crippen molar-refractivity contribution in [2.75, 3.05) is 6.61 Å². The van der Waals surface area contributed by atoms with Crippen molar-refractivity contribution in [3.05, 3.63) is 79.6 Å². The second-order valence-corrected chi connectivity index (χ2v) is 9.45. The molecular formula is C30H42N4O3. The first kappa shape index (κ1) is 29.6. The van der Waals surface area contributed by atoms with E-state index in [0.29, 0.717) is 12.2 Å². The number of hydrogen-bond acceptors (Lipinski definition) is 5. The van der Waals surface area contributed by atoms with Crippen LogP contribution >= 0.6 is 0 Å². The number of imidazole rings is 1. The van der Waals surface area contributed by atoms with Crippen LogP contribution in [0.5, 0.6) is 5.88 Å². The molecule has 0 radical (unpaired) electrons. The third kappa shape index (κ3) is 8.48. The molecule has 0 bridgehead atoms. The van der Waals surface area contributed by atoms with Crippen LogP contribution in [0.4, 0.5) is 0 Å². The molecule has 1 aromatic heterocycles. The minimum atomic E-state index is -0.501. The maximum atomic E-state index is 11.5. The number of H-pyrrole nitrogens is 2. The molecule has 0 saturated heterocycles. The first-order chi connectivity index (χ1) is 17.6. The summed E-state index contributed by atoms with van der Waals surface area (Å²) in [7, 11) is 0. The molecule has 1 atom stereocenters. The SMILES string of the molecule is CCC1=CC=C(COC(=NC(C)=C(C)C(C)=C(C)/C(C=N)=C\c2[nH]c(=O)[nH]c2O)C(C)CC)CCC=C1. The van der Waals surface area contributed by atoms with Gasteiger partial charge in [-0.3, -0.25) is 4.98 Å². The van der Waals surface area contributed by atoms with E-state index in [-0.39, 0.29) is 17.5 Å². The molecule has 4 N–H and O–H groups in total. The van der Waals surface area contributed by atoms with Gasteiger partial charge in [0.1, 0.15) is 12.3 Å². The van der Waals surface area contributed by atoms with E-state index < -0.39 is 5.69 Å². The van der Waals surface area contributed by atoms with Crippen molar-refractivity contribution in [1.29, 1.82) is 5.41 Å². The number of aromatic amines is 2. The van der Waals surface area contributed by atoms with E-state index in [9.17, 15) is 9.90 Å². The van der Waals surface area contributed by atoms with E-state index in [1.807, 2.05) is 27.7 Å². The molecule has 1 aliphatic rings. The smallest absolute Gasteiger partial charge is 0.326 e. The van der Waals surface area contributed by atoms with E-state index in [1.165, 1.54) is 17.4 Å². The summed E-state index contributed by atoms with van der Waals surface area (Å²) in [6.45, 7) is 14.8. The zero-order chi connectivity index (χ0) is 27.5. The topological polar surface area (TPSA) is 114 Å². The fraction of sp³-hybridized carbons (Fsp3) is 0.433. The Balaban J connectivity index is 2.36. The van der Waals surface area contributed by atoms with Gasteiger partial charge in [0, 0.05) is 17.8 Å². The maximum Gasteiger partial charge on any atom is 0.326 e. The van der Waals surface area contributed by atoms with Gasteiger partial charge in [-0.2, -0.15) is 0 Å². The normalized spacial score (nSPS) is 17.2. The number of rotatable bonds is 10. The number of hydrogen-bond donors (Lipinski definition) is 4. The molecule has 0 spiro atoms. The molecule has 0 saturated carbocycles. The molecule has 200 valence electrons. The average molecular weight is 507 g/mol. The van der Waals surface area contributed by atoms with E-state index >= 15 is 0 Å². The molecule has 37 heavy (non-hydrogen) atoms. The molecule has 0 aromatic carbocycles. The molecule has 0 amide bonds. The van der Waals surface area contributed by atoms with Crippen LogP contribution in [0.1, 0.15) is 79.8 Å². The van der Waals surface area contributed by atoms with Gasteiger partial charge in [0.15, 0.2) is 5.90 Å². The van der Waals surface area contributed by atoms with Gasteiger partial charge in [0.05, 0.1) is 0 Å². The first-order valence-electron chi connectivity index (χ1n) is 13.0. The summed E-state index contributed by atoms with van der Waals surface area (Å²) in [6.07, 6.45) is 15.5. The predicted molar refractivity (Wildman–Crippen MR) is 154 cm³/mol. The highest BCUT2D eigenvalue weighted by atomic mass is 16.5. The third-order valence-corrected chi connectivity index (χ3v) is 6.91. The molecule has 2 rings (SSSR count). The number of nitrogens with one attached hydrogen (secondary N) is 3. The summed E-state index contributed by atoms with van der Waals surface area (Å²) >= 11 is 0. The zero-order valence-electron chi connectivity index (χ0n) is 23.3. The van der Waals surface area contributed by atoms with Crippen molar-refractivity contribution in [3.63, 3.8) is 0 Å². The van der Waals surface area contributed by atoms with Gasteiger partial charge < -0.3 is 20.2 Å². The van der Waals surface area contributed by atoms with Crippen LogP contribution < -0.4 is 5.69 Å².